The maximum Gasteiger partial charge on any atom is 0.244 e. The molecule has 0 bridgehead atoms. The third kappa shape index (κ3) is 2.60. The molecule has 3 heterocycles. The van der Waals surface area contributed by atoms with Crippen molar-refractivity contribution in [2.75, 3.05) is 0 Å². The Balaban J connectivity index is 1.92. The van der Waals surface area contributed by atoms with Gasteiger partial charge < -0.3 is 4.42 Å². The number of hydrogen-bond donors (Lipinski definition) is 1. The van der Waals surface area contributed by atoms with E-state index >= 15 is 0 Å². The van der Waals surface area contributed by atoms with Gasteiger partial charge >= 0.3 is 0 Å². The number of aromatic nitrogens is 3. The number of rotatable bonds is 3. The zero-order valence-corrected chi connectivity index (χ0v) is 13.1. The molecular formula is C13H18N4O3S. The molecule has 1 N–H and O–H groups in total. The monoisotopic (exact) mass is 310 g/mol. The molecule has 0 saturated heterocycles. The van der Waals surface area contributed by atoms with Gasteiger partial charge in [0.25, 0.3) is 0 Å². The molecule has 0 fully saturated rings. The third-order valence-corrected chi connectivity index (χ3v) is 5.14. The Morgan fingerprint density at radius 1 is 1.38 bits per heavy atom. The Kier molecular flexibility index (Phi) is 3.37. The third-order valence-electron chi connectivity index (χ3n) is 3.56. The molecule has 114 valence electrons. The zero-order valence-electron chi connectivity index (χ0n) is 12.3. The van der Waals surface area contributed by atoms with Crippen molar-refractivity contribution in [3.05, 3.63) is 29.2 Å². The molecule has 1 aliphatic heterocycles. The van der Waals surface area contributed by atoms with Crippen LogP contribution in [0.1, 0.15) is 42.1 Å². The summed E-state index contributed by atoms with van der Waals surface area (Å²) in [5.41, 5.74) is 0. The van der Waals surface area contributed by atoms with Gasteiger partial charge in [-0.3, -0.25) is 0 Å². The van der Waals surface area contributed by atoms with E-state index in [-0.39, 0.29) is 10.9 Å². The lowest BCUT2D eigenvalue weighted by molar-refractivity contribution is 0.399. The van der Waals surface area contributed by atoms with Crippen molar-refractivity contribution in [2.45, 2.75) is 51.1 Å². The highest BCUT2D eigenvalue weighted by atomic mass is 32.2. The molecule has 2 aromatic heterocycles. The van der Waals surface area contributed by atoms with Gasteiger partial charge in [-0.05, 0) is 39.7 Å². The number of aryl methyl sites for hydroxylation is 4. The largest absolute Gasteiger partial charge is 0.465 e. The predicted octanol–water partition coefficient (Wildman–Crippen LogP) is 1.61. The first-order chi connectivity index (χ1) is 9.87. The van der Waals surface area contributed by atoms with E-state index in [0.717, 1.165) is 13.0 Å². The van der Waals surface area contributed by atoms with Crippen LogP contribution in [0.15, 0.2) is 15.4 Å². The van der Waals surface area contributed by atoms with Crippen molar-refractivity contribution >= 4 is 10.0 Å². The van der Waals surface area contributed by atoms with Crippen LogP contribution in [-0.2, 0) is 16.6 Å². The van der Waals surface area contributed by atoms with Crippen LogP contribution in [0.5, 0.6) is 0 Å². The van der Waals surface area contributed by atoms with Crippen molar-refractivity contribution < 1.29 is 12.8 Å². The highest BCUT2D eigenvalue weighted by Gasteiger charge is 2.30. The van der Waals surface area contributed by atoms with Crippen LogP contribution >= 0.6 is 0 Å². The van der Waals surface area contributed by atoms with E-state index in [9.17, 15) is 8.42 Å². The van der Waals surface area contributed by atoms with Crippen LogP contribution in [0, 0.1) is 20.8 Å². The maximum atomic E-state index is 12.5. The Hall–Kier alpha value is -1.67. The summed E-state index contributed by atoms with van der Waals surface area (Å²) < 4.78 is 34.9. The Bertz CT molecular complexity index is 775. The lowest BCUT2D eigenvalue weighted by atomic mass is 10.1. The summed E-state index contributed by atoms with van der Waals surface area (Å²) in [5, 5.41) is 4.28. The summed E-state index contributed by atoms with van der Waals surface area (Å²) in [5.74, 6) is 2.32. The molecule has 0 radical (unpaired) electrons. The van der Waals surface area contributed by atoms with Gasteiger partial charge in [0, 0.05) is 6.54 Å². The quantitative estimate of drug-likeness (QED) is 0.930. The first-order valence-electron chi connectivity index (χ1n) is 6.87. The number of fused-ring (bicyclic) bond motifs is 1. The van der Waals surface area contributed by atoms with Crippen LogP contribution in [0.3, 0.4) is 0 Å². The first-order valence-corrected chi connectivity index (χ1v) is 8.36. The summed E-state index contributed by atoms with van der Waals surface area (Å²) in [6, 6.07) is 1.19. The van der Waals surface area contributed by atoms with Gasteiger partial charge in [-0.2, -0.15) is 5.10 Å². The predicted molar refractivity (Wildman–Crippen MR) is 75.2 cm³/mol. The smallest absolute Gasteiger partial charge is 0.244 e. The van der Waals surface area contributed by atoms with E-state index in [2.05, 4.69) is 14.8 Å². The van der Waals surface area contributed by atoms with Crippen molar-refractivity contribution in [2.24, 2.45) is 0 Å². The molecule has 0 aromatic carbocycles. The Morgan fingerprint density at radius 2 is 2.14 bits per heavy atom. The summed E-state index contributed by atoms with van der Waals surface area (Å²) in [7, 11) is -3.63. The number of nitrogens with zero attached hydrogens (tertiary/aromatic N) is 3. The standard InChI is InChI=1S/C13H18N4O3S/c1-8-7-12(9(2)20-8)21(18,19)16-11-5-4-6-17-13(11)14-10(3)15-17/h7,11,16H,4-6H2,1-3H3. The summed E-state index contributed by atoms with van der Waals surface area (Å²) in [6.07, 6.45) is 1.58. The van der Waals surface area contributed by atoms with E-state index in [1.165, 1.54) is 6.07 Å². The lowest BCUT2D eigenvalue weighted by Gasteiger charge is -2.22. The van der Waals surface area contributed by atoms with Gasteiger partial charge in [0.1, 0.15) is 28.1 Å². The molecule has 8 heteroatoms. The molecule has 1 unspecified atom stereocenters. The Labute approximate surface area is 123 Å². The second-order valence-corrected chi connectivity index (χ2v) is 7.02. The molecule has 0 aliphatic carbocycles. The van der Waals surface area contributed by atoms with Crippen molar-refractivity contribution in [3.8, 4) is 0 Å². The van der Waals surface area contributed by atoms with E-state index < -0.39 is 10.0 Å². The molecule has 21 heavy (non-hydrogen) atoms. The normalized spacial score (nSPS) is 18.7. The fourth-order valence-electron chi connectivity index (χ4n) is 2.71. The Morgan fingerprint density at radius 3 is 2.81 bits per heavy atom. The van der Waals surface area contributed by atoms with Gasteiger partial charge in [0.05, 0.1) is 6.04 Å². The number of sulfonamides is 1. The number of hydrogen-bond acceptors (Lipinski definition) is 5. The molecule has 0 saturated carbocycles. The van der Waals surface area contributed by atoms with Gasteiger partial charge in [0.15, 0.2) is 0 Å². The highest BCUT2D eigenvalue weighted by molar-refractivity contribution is 7.89. The van der Waals surface area contributed by atoms with Gasteiger partial charge in [-0.1, -0.05) is 0 Å². The second kappa shape index (κ2) is 4.96. The minimum Gasteiger partial charge on any atom is -0.465 e. The van der Waals surface area contributed by atoms with E-state index in [1.54, 1.807) is 25.5 Å². The topological polar surface area (TPSA) is 90.0 Å². The van der Waals surface area contributed by atoms with Gasteiger partial charge in [-0.15, -0.1) is 0 Å². The molecule has 2 aromatic rings. The van der Waals surface area contributed by atoms with Gasteiger partial charge in [0.2, 0.25) is 10.0 Å². The van der Waals surface area contributed by atoms with E-state index in [4.69, 9.17) is 4.42 Å². The molecule has 3 rings (SSSR count). The van der Waals surface area contributed by atoms with E-state index in [1.807, 2.05) is 0 Å². The number of nitrogens with one attached hydrogen (secondary N) is 1. The lowest BCUT2D eigenvalue weighted by Crippen LogP contribution is -2.33. The van der Waals surface area contributed by atoms with Gasteiger partial charge in [-0.25, -0.2) is 22.8 Å². The molecule has 0 spiro atoms. The SMILES string of the molecule is Cc1nc2n(n1)CCCC2NS(=O)(=O)c1cc(C)oc1C. The zero-order chi connectivity index (χ0) is 15.2. The minimum absolute atomic E-state index is 0.188. The maximum absolute atomic E-state index is 12.5. The summed E-state index contributed by atoms with van der Waals surface area (Å²) in [6.45, 7) is 5.96. The average Bonchev–Trinajstić information content (AvgIpc) is 2.92. The summed E-state index contributed by atoms with van der Waals surface area (Å²) >= 11 is 0. The molecule has 1 aliphatic rings. The van der Waals surface area contributed by atoms with Crippen molar-refractivity contribution in [1.29, 1.82) is 0 Å². The second-order valence-electron chi connectivity index (χ2n) is 5.33. The number of furan rings is 1. The van der Waals surface area contributed by atoms with Crippen LogP contribution in [0.25, 0.3) is 0 Å². The first kappa shape index (κ1) is 14.3. The fourth-order valence-corrected chi connectivity index (χ4v) is 4.17. The van der Waals surface area contributed by atoms with Crippen LogP contribution < -0.4 is 4.72 Å². The van der Waals surface area contributed by atoms with Crippen molar-refractivity contribution in [3.63, 3.8) is 0 Å². The fraction of sp³-hybridized carbons (Fsp3) is 0.538. The average molecular weight is 310 g/mol. The minimum atomic E-state index is -3.63. The van der Waals surface area contributed by atoms with Crippen LogP contribution in [-0.4, -0.2) is 23.2 Å². The van der Waals surface area contributed by atoms with Crippen LogP contribution in [0.2, 0.25) is 0 Å². The summed E-state index contributed by atoms with van der Waals surface area (Å²) in [4.78, 5) is 4.53. The van der Waals surface area contributed by atoms with Crippen LogP contribution in [0.4, 0.5) is 0 Å². The molecule has 7 nitrogen and oxygen atoms in total. The van der Waals surface area contributed by atoms with Crippen molar-refractivity contribution in [1.82, 2.24) is 19.5 Å². The van der Waals surface area contributed by atoms with E-state index in [0.29, 0.717) is 29.6 Å². The highest BCUT2D eigenvalue weighted by Crippen LogP contribution is 2.27. The molecule has 1 atom stereocenters. The molecular weight excluding hydrogens is 292 g/mol. The molecule has 0 amide bonds.